The van der Waals surface area contributed by atoms with E-state index in [-0.39, 0.29) is 11.8 Å². The summed E-state index contributed by atoms with van der Waals surface area (Å²) in [6.45, 7) is 9.76. The zero-order valence-corrected chi connectivity index (χ0v) is 34.3. The Morgan fingerprint density at radius 1 is 0.414 bits per heavy atom. The van der Waals surface area contributed by atoms with Gasteiger partial charge in [-0.1, -0.05) is 183 Å². The van der Waals surface area contributed by atoms with Crippen LogP contribution in [0.1, 0.15) is 50.7 Å². The first-order chi connectivity index (χ1) is 28.4. The van der Waals surface area contributed by atoms with Crippen molar-refractivity contribution >= 4 is 43.1 Å². The maximum atomic E-state index is 6.09. The lowest BCUT2D eigenvalue weighted by molar-refractivity contribution is 0.280. The summed E-state index contributed by atoms with van der Waals surface area (Å²) in [7, 11) is 3.59. The quantitative estimate of drug-likeness (QED) is 0.151. The number of allylic oxidation sites excluding steroid dienone is 16. The van der Waals surface area contributed by atoms with E-state index in [1.165, 1.54) is 66.1 Å². The van der Waals surface area contributed by atoms with E-state index in [9.17, 15) is 0 Å². The van der Waals surface area contributed by atoms with E-state index in [1.807, 2.05) is 0 Å². The van der Waals surface area contributed by atoms with E-state index < -0.39 is 0 Å². The molecule has 0 spiro atoms. The molecular weight excluding hydrogens is 705 g/mol. The first-order valence-electron chi connectivity index (χ1n) is 20.9. The summed E-state index contributed by atoms with van der Waals surface area (Å²) in [5.41, 5.74) is 11.4. The first kappa shape index (κ1) is 36.2. The van der Waals surface area contributed by atoms with E-state index in [0.29, 0.717) is 23.7 Å². The van der Waals surface area contributed by atoms with Crippen LogP contribution in [0, 0.1) is 23.7 Å². The van der Waals surface area contributed by atoms with Gasteiger partial charge in [0.05, 0.1) is 14.2 Å². The SMILES string of the molecule is COc1c2ccccc2c(C2C=CC=CC3=C2C=C(C)C3C(C)C(C)C2C(C)=CC3=C2C=CC=CC3c2c3ccccc3c(OC)c3ccccc23)c2ccccc12. The first-order valence-corrected chi connectivity index (χ1v) is 20.9. The van der Waals surface area contributed by atoms with Crippen LogP contribution in [0.25, 0.3) is 43.1 Å². The molecule has 0 saturated carbocycles. The second kappa shape index (κ2) is 14.4. The molecule has 4 aliphatic rings. The molecule has 0 saturated heterocycles. The largest absolute Gasteiger partial charge is 0.495 e. The zero-order valence-electron chi connectivity index (χ0n) is 34.3. The number of hydrogen-bond donors (Lipinski definition) is 0. The van der Waals surface area contributed by atoms with Gasteiger partial charge in [-0.3, -0.25) is 0 Å². The highest BCUT2D eigenvalue weighted by atomic mass is 16.5. The number of ether oxygens (including phenoxy) is 2. The van der Waals surface area contributed by atoms with Crippen molar-refractivity contribution in [3.8, 4) is 11.5 Å². The molecular formula is C56H50O2. The van der Waals surface area contributed by atoms with Gasteiger partial charge in [0.2, 0.25) is 0 Å². The molecule has 6 aromatic carbocycles. The van der Waals surface area contributed by atoms with Crippen molar-refractivity contribution in [1.82, 2.24) is 0 Å². The van der Waals surface area contributed by atoms with Gasteiger partial charge in [-0.2, -0.15) is 0 Å². The molecule has 2 heteroatoms. The Morgan fingerprint density at radius 2 is 0.724 bits per heavy atom. The molecule has 4 aliphatic carbocycles. The van der Waals surface area contributed by atoms with Crippen molar-refractivity contribution in [2.75, 3.05) is 14.2 Å². The average Bonchev–Trinajstić information content (AvgIpc) is 3.57. The van der Waals surface area contributed by atoms with Crippen LogP contribution in [0.5, 0.6) is 11.5 Å². The van der Waals surface area contributed by atoms with E-state index in [2.05, 4.69) is 186 Å². The van der Waals surface area contributed by atoms with Gasteiger partial charge in [-0.25, -0.2) is 0 Å². The van der Waals surface area contributed by atoms with E-state index in [0.717, 1.165) is 33.0 Å². The van der Waals surface area contributed by atoms with Gasteiger partial charge in [0.1, 0.15) is 11.5 Å². The van der Waals surface area contributed by atoms with Crippen molar-refractivity contribution in [3.05, 3.63) is 202 Å². The number of methoxy groups -OCH3 is 2. The third kappa shape index (κ3) is 5.45. The molecule has 286 valence electrons. The topological polar surface area (TPSA) is 18.5 Å². The summed E-state index contributed by atoms with van der Waals surface area (Å²) >= 11 is 0. The van der Waals surface area contributed by atoms with E-state index >= 15 is 0 Å². The van der Waals surface area contributed by atoms with Crippen molar-refractivity contribution in [2.45, 2.75) is 39.5 Å². The van der Waals surface area contributed by atoms with Crippen LogP contribution in [0.15, 0.2) is 191 Å². The molecule has 6 aromatic rings. The Balaban J connectivity index is 1.06. The van der Waals surface area contributed by atoms with Crippen LogP contribution in [0.4, 0.5) is 0 Å². The van der Waals surface area contributed by atoms with Crippen LogP contribution in [-0.4, -0.2) is 14.2 Å². The molecule has 0 bridgehead atoms. The Labute approximate surface area is 342 Å². The molecule has 0 N–H and O–H groups in total. The maximum absolute atomic E-state index is 6.09. The van der Waals surface area contributed by atoms with Crippen molar-refractivity contribution in [3.63, 3.8) is 0 Å². The van der Waals surface area contributed by atoms with Gasteiger partial charge < -0.3 is 9.47 Å². The number of hydrogen-bond acceptors (Lipinski definition) is 2. The highest BCUT2D eigenvalue weighted by molar-refractivity contribution is 6.10. The van der Waals surface area contributed by atoms with Crippen LogP contribution < -0.4 is 9.47 Å². The fraction of sp³-hybridized carbons (Fsp3) is 0.214. The number of rotatable bonds is 7. The van der Waals surface area contributed by atoms with Gasteiger partial charge in [-0.15, -0.1) is 0 Å². The molecule has 0 aromatic heterocycles. The predicted octanol–water partition coefficient (Wildman–Crippen LogP) is 14.5. The summed E-state index contributed by atoms with van der Waals surface area (Å²) in [5, 5.41) is 9.67. The van der Waals surface area contributed by atoms with Gasteiger partial charge in [0.15, 0.2) is 0 Å². The Morgan fingerprint density at radius 3 is 1.03 bits per heavy atom. The smallest absolute Gasteiger partial charge is 0.134 e. The molecule has 0 heterocycles. The fourth-order valence-corrected chi connectivity index (χ4v) is 11.4. The Hall–Kier alpha value is -6.12. The second-order valence-electron chi connectivity index (χ2n) is 16.8. The Kier molecular flexibility index (Phi) is 8.97. The van der Waals surface area contributed by atoms with Crippen LogP contribution in [-0.2, 0) is 0 Å². The van der Waals surface area contributed by atoms with Gasteiger partial charge in [0, 0.05) is 45.2 Å². The predicted molar refractivity (Wildman–Crippen MR) is 245 cm³/mol. The fourth-order valence-electron chi connectivity index (χ4n) is 11.4. The molecule has 0 radical (unpaired) electrons. The molecule has 6 unspecified atom stereocenters. The monoisotopic (exact) mass is 754 g/mol. The number of benzene rings is 6. The lowest BCUT2D eigenvalue weighted by Crippen LogP contribution is -2.27. The highest BCUT2D eigenvalue weighted by Gasteiger charge is 2.41. The van der Waals surface area contributed by atoms with Gasteiger partial charge in [0.25, 0.3) is 0 Å². The van der Waals surface area contributed by atoms with Gasteiger partial charge >= 0.3 is 0 Å². The molecule has 0 aliphatic heterocycles. The summed E-state index contributed by atoms with van der Waals surface area (Å²) in [5.74, 6) is 3.54. The van der Waals surface area contributed by atoms with Crippen LogP contribution in [0.2, 0.25) is 0 Å². The average molecular weight is 755 g/mol. The minimum Gasteiger partial charge on any atom is -0.495 e. The van der Waals surface area contributed by atoms with Crippen LogP contribution in [0.3, 0.4) is 0 Å². The standard InChI is InChI=1S/C56H50O2/c1-33-31-49-41(23-7-9-25-43(49)53-37-19-11-15-27-45(37)55(57-5)46-28-16-12-20-38(46)53)51(33)35(3)36(4)52-34(2)32-50-42(52)24-8-10-26-44(50)54-39-21-13-17-29-47(39)56(58-6)48-30-18-14-22-40(48)54/h7-32,35-36,43-44,51-52H,1-6H3. The van der Waals surface area contributed by atoms with Crippen molar-refractivity contribution in [1.29, 1.82) is 0 Å². The zero-order chi connectivity index (χ0) is 39.7. The third-order valence-electron chi connectivity index (χ3n) is 13.9. The maximum Gasteiger partial charge on any atom is 0.134 e. The molecule has 2 nitrogen and oxygen atoms in total. The molecule has 0 amide bonds. The summed E-state index contributed by atoms with van der Waals surface area (Å²) in [6.07, 6.45) is 23.8. The summed E-state index contributed by atoms with van der Waals surface area (Å²) < 4.78 is 12.2. The highest BCUT2D eigenvalue weighted by Crippen LogP contribution is 2.54. The van der Waals surface area contributed by atoms with Crippen molar-refractivity contribution < 1.29 is 9.47 Å². The molecule has 6 atom stereocenters. The van der Waals surface area contributed by atoms with Crippen molar-refractivity contribution in [2.24, 2.45) is 23.7 Å². The summed E-state index contributed by atoms with van der Waals surface area (Å²) in [4.78, 5) is 0. The molecule has 10 rings (SSSR count). The molecule has 58 heavy (non-hydrogen) atoms. The second-order valence-corrected chi connectivity index (χ2v) is 16.8. The lowest BCUT2D eigenvalue weighted by atomic mass is 9.69. The number of fused-ring (bicyclic) bond motifs is 4. The van der Waals surface area contributed by atoms with E-state index in [1.54, 1.807) is 14.2 Å². The third-order valence-corrected chi connectivity index (χ3v) is 13.9. The molecule has 0 fully saturated rings. The van der Waals surface area contributed by atoms with Gasteiger partial charge in [-0.05, 0) is 80.6 Å². The Bertz CT molecular complexity index is 2620. The minimum atomic E-state index is 0.112. The lowest BCUT2D eigenvalue weighted by Gasteiger charge is -2.34. The van der Waals surface area contributed by atoms with E-state index in [4.69, 9.17) is 9.47 Å². The minimum absolute atomic E-state index is 0.112. The normalized spacial score (nSPS) is 22.3. The summed E-state index contributed by atoms with van der Waals surface area (Å²) in [6, 6.07) is 35.1. The van der Waals surface area contributed by atoms with Crippen LogP contribution >= 0.6 is 0 Å².